The van der Waals surface area contributed by atoms with Crippen LogP contribution in [0.25, 0.3) is 0 Å². The van der Waals surface area contributed by atoms with Crippen molar-refractivity contribution >= 4 is 12.0 Å². The number of carbonyl (C=O) groups is 2. The summed E-state index contributed by atoms with van der Waals surface area (Å²) in [5, 5.41) is 14.9. The van der Waals surface area contributed by atoms with E-state index in [1.807, 2.05) is 0 Å². The predicted molar refractivity (Wildman–Crippen MR) is 78.1 cm³/mol. The highest BCUT2D eigenvalue weighted by atomic mass is 16.5. The maximum Gasteiger partial charge on any atom is 0.329 e. The molecule has 2 rings (SSSR count). The standard InChI is InChI=1S/C15H26N2O4/c1-11-2-4-12(5-3-11)10-16-14(20)17-15(13(18)19)6-8-21-9-7-15/h11-12H,2-10H2,1H3,(H,18,19)(H2,16,17,20). The number of aliphatic carboxylic acids is 1. The summed E-state index contributed by atoms with van der Waals surface area (Å²) >= 11 is 0. The summed E-state index contributed by atoms with van der Waals surface area (Å²) in [5.41, 5.74) is -1.18. The molecule has 120 valence electrons. The van der Waals surface area contributed by atoms with E-state index >= 15 is 0 Å². The summed E-state index contributed by atoms with van der Waals surface area (Å²) in [6, 6.07) is -0.377. The Kier molecular flexibility index (Phi) is 5.45. The quantitative estimate of drug-likeness (QED) is 0.738. The number of carboxylic acids is 1. The Labute approximate surface area is 125 Å². The lowest BCUT2D eigenvalue weighted by Crippen LogP contribution is -2.60. The summed E-state index contributed by atoms with van der Waals surface area (Å²) in [6.07, 6.45) is 5.33. The molecule has 21 heavy (non-hydrogen) atoms. The molecule has 0 aromatic rings. The average Bonchev–Trinajstić information content (AvgIpc) is 2.47. The van der Waals surface area contributed by atoms with E-state index in [-0.39, 0.29) is 6.03 Å². The molecule has 1 aliphatic heterocycles. The van der Waals surface area contributed by atoms with Crippen LogP contribution in [0, 0.1) is 11.8 Å². The van der Waals surface area contributed by atoms with Crippen LogP contribution in [-0.4, -0.2) is 42.4 Å². The highest BCUT2D eigenvalue weighted by Gasteiger charge is 2.41. The molecule has 0 aromatic carbocycles. The lowest BCUT2D eigenvalue weighted by atomic mass is 9.83. The molecule has 0 atom stereocenters. The fourth-order valence-electron chi connectivity index (χ4n) is 3.14. The van der Waals surface area contributed by atoms with Crippen molar-refractivity contribution in [3.05, 3.63) is 0 Å². The average molecular weight is 298 g/mol. The zero-order valence-corrected chi connectivity index (χ0v) is 12.7. The van der Waals surface area contributed by atoms with E-state index in [0.717, 1.165) is 18.8 Å². The highest BCUT2D eigenvalue weighted by Crippen LogP contribution is 2.27. The second-order valence-corrected chi connectivity index (χ2v) is 6.46. The summed E-state index contributed by atoms with van der Waals surface area (Å²) in [4.78, 5) is 23.5. The Morgan fingerprint density at radius 1 is 1.19 bits per heavy atom. The Balaban J connectivity index is 1.78. The van der Waals surface area contributed by atoms with Crippen LogP contribution < -0.4 is 10.6 Å². The predicted octanol–water partition coefficient (Wildman–Crippen LogP) is 1.75. The number of rotatable bonds is 4. The van der Waals surface area contributed by atoms with Gasteiger partial charge in [0.15, 0.2) is 0 Å². The van der Waals surface area contributed by atoms with Gasteiger partial charge in [-0.05, 0) is 24.7 Å². The number of hydrogen-bond acceptors (Lipinski definition) is 3. The van der Waals surface area contributed by atoms with Crippen LogP contribution in [0.5, 0.6) is 0 Å². The molecule has 2 amide bonds. The summed E-state index contributed by atoms with van der Waals surface area (Å²) < 4.78 is 5.19. The maximum absolute atomic E-state index is 12.0. The summed E-state index contributed by atoms with van der Waals surface area (Å²) in [5.74, 6) is 0.322. The van der Waals surface area contributed by atoms with Crippen molar-refractivity contribution in [3.63, 3.8) is 0 Å². The van der Waals surface area contributed by atoms with Crippen LogP contribution in [0.4, 0.5) is 4.79 Å². The minimum absolute atomic E-state index is 0.316. The molecular formula is C15H26N2O4. The third-order valence-corrected chi connectivity index (χ3v) is 4.80. The van der Waals surface area contributed by atoms with E-state index in [4.69, 9.17) is 4.74 Å². The van der Waals surface area contributed by atoms with Gasteiger partial charge in [0.1, 0.15) is 5.54 Å². The Bertz CT molecular complexity index is 372. The minimum Gasteiger partial charge on any atom is -0.480 e. The molecule has 3 N–H and O–H groups in total. The van der Waals surface area contributed by atoms with Crippen LogP contribution in [0.2, 0.25) is 0 Å². The van der Waals surface area contributed by atoms with Gasteiger partial charge in [-0.3, -0.25) is 0 Å². The Hall–Kier alpha value is -1.30. The van der Waals surface area contributed by atoms with Gasteiger partial charge in [-0.2, -0.15) is 0 Å². The number of nitrogens with one attached hydrogen (secondary N) is 2. The summed E-state index contributed by atoms with van der Waals surface area (Å²) in [6.45, 7) is 3.63. The van der Waals surface area contributed by atoms with Gasteiger partial charge in [-0.25, -0.2) is 9.59 Å². The van der Waals surface area contributed by atoms with Gasteiger partial charge in [0.2, 0.25) is 0 Å². The molecule has 1 heterocycles. The van der Waals surface area contributed by atoms with Crippen molar-refractivity contribution < 1.29 is 19.4 Å². The van der Waals surface area contributed by atoms with Crippen LogP contribution in [-0.2, 0) is 9.53 Å². The van der Waals surface area contributed by atoms with E-state index in [1.54, 1.807) is 0 Å². The van der Waals surface area contributed by atoms with Gasteiger partial charge in [-0.1, -0.05) is 19.8 Å². The van der Waals surface area contributed by atoms with Crippen molar-refractivity contribution in [3.8, 4) is 0 Å². The molecule has 6 heteroatoms. The first-order valence-electron chi connectivity index (χ1n) is 7.89. The summed E-state index contributed by atoms with van der Waals surface area (Å²) in [7, 11) is 0. The maximum atomic E-state index is 12.0. The number of urea groups is 1. The van der Waals surface area contributed by atoms with Crippen molar-refractivity contribution in [2.75, 3.05) is 19.8 Å². The van der Waals surface area contributed by atoms with Crippen LogP contribution >= 0.6 is 0 Å². The molecule has 1 saturated heterocycles. The lowest BCUT2D eigenvalue weighted by molar-refractivity contribution is -0.148. The number of carboxylic acid groups (broad SMARTS) is 1. The molecule has 0 radical (unpaired) electrons. The zero-order chi connectivity index (χ0) is 15.3. The number of hydrogen-bond donors (Lipinski definition) is 3. The molecular weight excluding hydrogens is 272 g/mol. The smallest absolute Gasteiger partial charge is 0.329 e. The highest BCUT2D eigenvalue weighted by molar-refractivity contribution is 5.86. The van der Waals surface area contributed by atoms with Crippen molar-refractivity contribution in [2.24, 2.45) is 11.8 Å². The lowest BCUT2D eigenvalue weighted by Gasteiger charge is -2.34. The van der Waals surface area contributed by atoms with E-state index < -0.39 is 11.5 Å². The van der Waals surface area contributed by atoms with E-state index in [9.17, 15) is 14.7 Å². The minimum atomic E-state index is -1.18. The molecule has 0 unspecified atom stereocenters. The van der Waals surface area contributed by atoms with Gasteiger partial charge >= 0.3 is 12.0 Å². The topological polar surface area (TPSA) is 87.7 Å². The second kappa shape index (κ2) is 7.11. The fourth-order valence-corrected chi connectivity index (χ4v) is 3.14. The van der Waals surface area contributed by atoms with Gasteiger partial charge in [-0.15, -0.1) is 0 Å². The fraction of sp³-hybridized carbons (Fsp3) is 0.867. The normalized spacial score (nSPS) is 28.6. The zero-order valence-electron chi connectivity index (χ0n) is 12.7. The van der Waals surface area contributed by atoms with Crippen LogP contribution in [0.15, 0.2) is 0 Å². The number of carbonyl (C=O) groups excluding carboxylic acids is 1. The number of ether oxygens (including phenoxy) is 1. The first-order valence-corrected chi connectivity index (χ1v) is 7.89. The SMILES string of the molecule is CC1CCC(CNC(=O)NC2(C(=O)O)CCOCC2)CC1. The van der Waals surface area contributed by atoms with Gasteiger partial charge < -0.3 is 20.5 Å². The molecule has 0 bridgehead atoms. The van der Waals surface area contributed by atoms with E-state index in [0.29, 0.717) is 38.5 Å². The van der Waals surface area contributed by atoms with E-state index in [1.165, 1.54) is 12.8 Å². The van der Waals surface area contributed by atoms with Crippen LogP contribution in [0.3, 0.4) is 0 Å². The molecule has 1 saturated carbocycles. The monoisotopic (exact) mass is 298 g/mol. The third-order valence-electron chi connectivity index (χ3n) is 4.80. The molecule has 0 spiro atoms. The number of amides is 2. The Morgan fingerprint density at radius 2 is 1.81 bits per heavy atom. The van der Waals surface area contributed by atoms with Gasteiger partial charge in [0, 0.05) is 32.6 Å². The third kappa shape index (κ3) is 4.33. The molecule has 2 fully saturated rings. The Morgan fingerprint density at radius 3 is 2.38 bits per heavy atom. The van der Waals surface area contributed by atoms with Gasteiger partial charge in [0.05, 0.1) is 0 Å². The largest absolute Gasteiger partial charge is 0.480 e. The van der Waals surface area contributed by atoms with Gasteiger partial charge in [0.25, 0.3) is 0 Å². The van der Waals surface area contributed by atoms with Crippen molar-refractivity contribution in [1.29, 1.82) is 0 Å². The molecule has 1 aliphatic carbocycles. The molecule has 2 aliphatic rings. The second-order valence-electron chi connectivity index (χ2n) is 6.46. The molecule has 0 aromatic heterocycles. The van der Waals surface area contributed by atoms with Crippen molar-refractivity contribution in [2.45, 2.75) is 51.0 Å². The first kappa shape index (κ1) is 16.1. The van der Waals surface area contributed by atoms with Crippen LogP contribution in [0.1, 0.15) is 45.4 Å². The molecule has 6 nitrogen and oxygen atoms in total. The first-order chi connectivity index (χ1) is 10.0. The van der Waals surface area contributed by atoms with Crippen molar-refractivity contribution in [1.82, 2.24) is 10.6 Å². The van der Waals surface area contributed by atoms with E-state index in [2.05, 4.69) is 17.6 Å².